The Labute approximate surface area is 166 Å². The van der Waals surface area contributed by atoms with Crippen LogP contribution in [0.1, 0.15) is 31.0 Å². The molecule has 2 aromatic rings. The highest BCUT2D eigenvalue weighted by Gasteiger charge is 2.50. The molecule has 9 heteroatoms. The number of halogens is 2. The van der Waals surface area contributed by atoms with E-state index in [9.17, 15) is 23.2 Å². The number of hydrogen-bond donors (Lipinski definition) is 3. The number of imide groups is 1. The molecule has 4 N–H and O–H groups in total. The summed E-state index contributed by atoms with van der Waals surface area (Å²) >= 11 is 0. The van der Waals surface area contributed by atoms with Gasteiger partial charge in [0.05, 0.1) is 0 Å². The number of benzene rings is 2. The molecule has 152 valence electrons. The van der Waals surface area contributed by atoms with E-state index in [1.807, 2.05) is 0 Å². The maximum atomic E-state index is 13.4. The molecule has 0 radical (unpaired) electrons. The monoisotopic (exact) mass is 403 g/mol. The Morgan fingerprint density at radius 3 is 2.52 bits per heavy atom. The molecule has 0 aromatic heterocycles. The van der Waals surface area contributed by atoms with Gasteiger partial charge >= 0.3 is 6.03 Å². The van der Waals surface area contributed by atoms with Gasteiger partial charge in [-0.3, -0.25) is 15.0 Å². The van der Waals surface area contributed by atoms with Crippen LogP contribution in [0.15, 0.2) is 48.5 Å². The van der Waals surface area contributed by atoms with Crippen LogP contribution in [-0.4, -0.2) is 29.4 Å². The van der Waals surface area contributed by atoms with Crippen molar-refractivity contribution in [3.05, 3.63) is 71.3 Å². The second-order valence-corrected chi connectivity index (χ2v) is 7.00. The van der Waals surface area contributed by atoms with E-state index in [4.69, 9.17) is 0 Å². The van der Waals surface area contributed by atoms with E-state index < -0.39 is 35.0 Å². The predicted octanol–water partition coefficient (Wildman–Crippen LogP) is 1.09. The summed E-state index contributed by atoms with van der Waals surface area (Å²) in [5.74, 6) is -3.10. The Morgan fingerprint density at radius 2 is 1.86 bits per heavy atom. The minimum absolute atomic E-state index is 0.126. The molecule has 29 heavy (non-hydrogen) atoms. The van der Waals surface area contributed by atoms with Gasteiger partial charge in [0, 0.05) is 5.56 Å². The number of carbonyl (C=O) groups excluding carboxylic acids is 3. The molecule has 0 unspecified atom stereocenters. The van der Waals surface area contributed by atoms with Crippen molar-refractivity contribution in [1.29, 1.82) is 0 Å². The van der Waals surface area contributed by atoms with Crippen molar-refractivity contribution >= 4 is 17.8 Å². The lowest BCUT2D eigenvalue weighted by molar-refractivity contribution is -0.682. The van der Waals surface area contributed by atoms with Gasteiger partial charge in [-0.25, -0.2) is 13.6 Å². The summed E-state index contributed by atoms with van der Waals surface area (Å²) < 4.78 is 26.4. The number of amides is 4. The molecule has 0 bridgehead atoms. The highest BCUT2D eigenvalue weighted by atomic mass is 19.2. The van der Waals surface area contributed by atoms with Crippen LogP contribution in [0.25, 0.3) is 0 Å². The maximum absolute atomic E-state index is 13.4. The minimum atomic E-state index is -1.28. The van der Waals surface area contributed by atoms with Crippen molar-refractivity contribution in [3.8, 4) is 0 Å². The molecule has 1 saturated heterocycles. The number of nitrogens with two attached hydrogens (primary N) is 1. The van der Waals surface area contributed by atoms with Gasteiger partial charge in [-0.15, -0.1) is 0 Å². The average Bonchev–Trinajstić information content (AvgIpc) is 2.93. The summed E-state index contributed by atoms with van der Waals surface area (Å²) in [6.45, 7) is 3.16. The summed E-state index contributed by atoms with van der Waals surface area (Å²) in [5, 5.41) is 4.83. The number of nitrogens with zero attached hydrogens (tertiary/aromatic N) is 1. The third-order valence-electron chi connectivity index (χ3n) is 4.90. The first kappa shape index (κ1) is 20.4. The molecule has 1 aliphatic heterocycles. The quantitative estimate of drug-likeness (QED) is 0.630. The van der Waals surface area contributed by atoms with E-state index in [1.165, 1.54) is 6.07 Å². The van der Waals surface area contributed by atoms with Crippen LogP contribution in [-0.2, 0) is 15.1 Å². The molecule has 2 atom stereocenters. The highest BCUT2D eigenvalue weighted by molar-refractivity contribution is 6.08. The van der Waals surface area contributed by atoms with Crippen molar-refractivity contribution in [1.82, 2.24) is 15.8 Å². The van der Waals surface area contributed by atoms with Crippen LogP contribution in [0, 0.1) is 11.6 Å². The molecule has 1 aliphatic rings. The average molecular weight is 403 g/mol. The summed E-state index contributed by atoms with van der Waals surface area (Å²) in [5.41, 5.74) is 2.11. The lowest BCUT2D eigenvalue weighted by Gasteiger charge is -2.22. The second-order valence-electron chi connectivity index (χ2n) is 7.00. The first-order valence-electron chi connectivity index (χ1n) is 9.02. The minimum Gasteiger partial charge on any atom is -0.332 e. The SMILES string of the molecule is C[C@@H]([NH2+]CC(=O)NN1C(=O)N[C@@](C)(c2ccccc2)C1=O)c1ccc(F)c(F)c1. The number of hydrogen-bond acceptors (Lipinski definition) is 3. The van der Waals surface area contributed by atoms with Gasteiger partial charge in [-0.05, 0) is 37.6 Å². The predicted molar refractivity (Wildman–Crippen MR) is 98.9 cm³/mol. The molecule has 7 nitrogen and oxygen atoms in total. The van der Waals surface area contributed by atoms with Crippen molar-refractivity contribution in [2.45, 2.75) is 25.4 Å². The number of carbonyl (C=O) groups is 3. The Kier molecular flexibility index (Phi) is 5.60. The molecule has 0 aliphatic carbocycles. The van der Waals surface area contributed by atoms with Crippen LogP contribution >= 0.6 is 0 Å². The highest BCUT2D eigenvalue weighted by Crippen LogP contribution is 2.27. The van der Waals surface area contributed by atoms with Crippen molar-refractivity contribution < 1.29 is 28.5 Å². The molecular weight excluding hydrogens is 382 g/mol. The number of urea groups is 1. The van der Waals surface area contributed by atoms with Gasteiger partial charge in [0.2, 0.25) is 0 Å². The lowest BCUT2D eigenvalue weighted by atomic mass is 9.92. The summed E-state index contributed by atoms with van der Waals surface area (Å²) in [7, 11) is 0. The van der Waals surface area contributed by atoms with E-state index in [0.717, 1.165) is 12.1 Å². The fourth-order valence-electron chi connectivity index (χ4n) is 3.09. The van der Waals surface area contributed by atoms with Gasteiger partial charge < -0.3 is 10.6 Å². The van der Waals surface area contributed by atoms with Gasteiger partial charge in [0.1, 0.15) is 11.6 Å². The van der Waals surface area contributed by atoms with Gasteiger partial charge in [0.15, 0.2) is 18.2 Å². The second kappa shape index (κ2) is 7.96. The normalized spacial score (nSPS) is 19.8. The lowest BCUT2D eigenvalue weighted by Crippen LogP contribution is -2.87. The molecule has 2 aromatic carbocycles. The third-order valence-corrected chi connectivity index (χ3v) is 4.90. The summed E-state index contributed by atoms with van der Waals surface area (Å²) in [6, 6.07) is 11.1. The van der Waals surface area contributed by atoms with Gasteiger partial charge in [-0.1, -0.05) is 30.3 Å². The van der Waals surface area contributed by atoms with Crippen LogP contribution in [0.2, 0.25) is 0 Å². The Morgan fingerprint density at radius 1 is 1.17 bits per heavy atom. The van der Waals surface area contributed by atoms with Crippen molar-refractivity contribution in [2.75, 3.05) is 6.54 Å². The van der Waals surface area contributed by atoms with Gasteiger partial charge in [-0.2, -0.15) is 5.01 Å². The zero-order chi connectivity index (χ0) is 21.2. The van der Waals surface area contributed by atoms with Gasteiger partial charge in [0.25, 0.3) is 11.8 Å². The van der Waals surface area contributed by atoms with E-state index in [1.54, 1.807) is 49.5 Å². The first-order chi connectivity index (χ1) is 13.7. The van der Waals surface area contributed by atoms with E-state index in [-0.39, 0.29) is 12.6 Å². The molecule has 3 rings (SSSR count). The smallest absolute Gasteiger partial charge is 0.332 e. The number of quaternary nitrogens is 1. The van der Waals surface area contributed by atoms with Crippen LogP contribution < -0.4 is 16.1 Å². The summed E-state index contributed by atoms with van der Waals surface area (Å²) in [4.78, 5) is 37.2. The van der Waals surface area contributed by atoms with Crippen LogP contribution in [0.3, 0.4) is 0 Å². The Hall–Kier alpha value is -3.33. The molecule has 0 saturated carbocycles. The molecule has 1 fully saturated rings. The molecule has 1 heterocycles. The fraction of sp³-hybridized carbons (Fsp3) is 0.250. The Balaban J connectivity index is 1.61. The molecule has 4 amide bonds. The van der Waals surface area contributed by atoms with E-state index in [2.05, 4.69) is 10.7 Å². The first-order valence-corrected chi connectivity index (χ1v) is 9.02. The standard InChI is InChI=1S/C20H20F2N4O3/c1-12(13-8-9-15(21)16(22)10-13)23-11-17(27)25-26-18(28)20(2,24-19(26)29)14-6-4-3-5-7-14/h3-10,12,23H,11H2,1-2H3,(H,24,29)(H,25,27)/p+1/t12-,20+/m1/s1. The number of rotatable bonds is 6. The summed E-state index contributed by atoms with van der Waals surface area (Å²) in [6.07, 6.45) is 0. The van der Waals surface area contributed by atoms with Crippen LogP contribution in [0.4, 0.5) is 13.6 Å². The van der Waals surface area contributed by atoms with Crippen LogP contribution in [0.5, 0.6) is 0 Å². The topological polar surface area (TPSA) is 95.1 Å². The fourth-order valence-corrected chi connectivity index (χ4v) is 3.09. The Bertz CT molecular complexity index is 954. The zero-order valence-electron chi connectivity index (χ0n) is 15.9. The largest absolute Gasteiger partial charge is 0.344 e. The number of hydrazine groups is 1. The van der Waals surface area contributed by atoms with E-state index >= 15 is 0 Å². The molecular formula is C20H21F2N4O3+. The van der Waals surface area contributed by atoms with Crippen molar-refractivity contribution in [3.63, 3.8) is 0 Å². The number of nitrogens with one attached hydrogen (secondary N) is 2. The van der Waals surface area contributed by atoms with E-state index in [0.29, 0.717) is 16.1 Å². The maximum Gasteiger partial charge on any atom is 0.344 e. The molecule has 0 spiro atoms. The third kappa shape index (κ3) is 4.09. The van der Waals surface area contributed by atoms with Crippen molar-refractivity contribution in [2.24, 2.45) is 0 Å². The zero-order valence-corrected chi connectivity index (χ0v) is 15.9.